The molecule has 0 aliphatic heterocycles. The van der Waals surface area contributed by atoms with Crippen LogP contribution in [0.2, 0.25) is 0 Å². The number of hydrogen-bond acceptors (Lipinski definition) is 3. The second-order valence-electron chi connectivity index (χ2n) is 5.67. The van der Waals surface area contributed by atoms with Gasteiger partial charge in [0.05, 0.1) is 0 Å². The number of carbonyl (C=O) groups excluding carboxylic acids is 2. The van der Waals surface area contributed by atoms with Crippen LogP contribution in [-0.2, 0) is 26.1 Å². The predicted molar refractivity (Wildman–Crippen MR) is 88.9 cm³/mol. The predicted octanol–water partition coefficient (Wildman–Crippen LogP) is 1.15. The molecular formula is C16H24N2O3S. The molecule has 0 aliphatic carbocycles. The van der Waals surface area contributed by atoms with Crippen molar-refractivity contribution in [3.05, 3.63) is 34.9 Å². The standard InChI is InChI=1S/C16H24N2O3S/c1-11-6-7-14(8-12(11)2)9-22(21)10-15(19)17-13(3)16(20)18(4)5/h6-8,13H,9-10H2,1-5H3,(H,17,19)/t13-,22-/m0/s1. The van der Waals surface area contributed by atoms with Crippen molar-refractivity contribution in [3.8, 4) is 0 Å². The highest BCUT2D eigenvalue weighted by atomic mass is 32.2. The molecule has 6 heteroatoms. The molecule has 0 heterocycles. The Hall–Kier alpha value is -1.69. The van der Waals surface area contributed by atoms with Gasteiger partial charge in [0, 0.05) is 30.6 Å². The van der Waals surface area contributed by atoms with Crippen LogP contribution in [0.3, 0.4) is 0 Å². The molecule has 1 rings (SSSR count). The Morgan fingerprint density at radius 2 is 1.86 bits per heavy atom. The SMILES string of the molecule is Cc1ccc(C[S@](=O)CC(=O)N[C@@H](C)C(=O)N(C)C)cc1C. The average Bonchev–Trinajstić information content (AvgIpc) is 2.41. The zero-order valence-electron chi connectivity index (χ0n) is 13.8. The second kappa shape index (κ2) is 8.08. The fraction of sp³-hybridized carbons (Fsp3) is 0.500. The lowest BCUT2D eigenvalue weighted by Gasteiger charge is -2.17. The monoisotopic (exact) mass is 324 g/mol. The lowest BCUT2D eigenvalue weighted by Crippen LogP contribution is -2.45. The molecule has 0 saturated carbocycles. The summed E-state index contributed by atoms with van der Waals surface area (Å²) in [5.74, 6) is -0.319. The number of hydrogen-bond donors (Lipinski definition) is 1. The Morgan fingerprint density at radius 1 is 1.23 bits per heavy atom. The van der Waals surface area contributed by atoms with E-state index in [9.17, 15) is 13.8 Å². The topological polar surface area (TPSA) is 66.5 Å². The smallest absolute Gasteiger partial charge is 0.244 e. The van der Waals surface area contributed by atoms with Crippen LogP contribution in [0.5, 0.6) is 0 Å². The second-order valence-corrected chi connectivity index (χ2v) is 7.13. The molecule has 122 valence electrons. The number of aryl methyl sites for hydroxylation is 2. The van der Waals surface area contributed by atoms with E-state index in [0.717, 1.165) is 11.1 Å². The Balaban J connectivity index is 2.52. The van der Waals surface area contributed by atoms with Gasteiger partial charge >= 0.3 is 0 Å². The van der Waals surface area contributed by atoms with Crippen molar-refractivity contribution in [2.75, 3.05) is 19.8 Å². The summed E-state index contributed by atoms with van der Waals surface area (Å²) >= 11 is 0. The summed E-state index contributed by atoms with van der Waals surface area (Å²) in [5.41, 5.74) is 3.28. The van der Waals surface area contributed by atoms with Gasteiger partial charge in [-0.15, -0.1) is 0 Å². The summed E-state index contributed by atoms with van der Waals surface area (Å²) in [7, 11) is 1.96. The number of carbonyl (C=O) groups is 2. The maximum absolute atomic E-state index is 12.1. The summed E-state index contributed by atoms with van der Waals surface area (Å²) in [4.78, 5) is 24.9. The molecule has 0 spiro atoms. The van der Waals surface area contributed by atoms with E-state index in [1.807, 2.05) is 32.0 Å². The highest BCUT2D eigenvalue weighted by Crippen LogP contribution is 2.11. The normalized spacial score (nSPS) is 13.3. The summed E-state index contributed by atoms with van der Waals surface area (Å²) in [6, 6.07) is 5.29. The molecule has 0 saturated heterocycles. The number of likely N-dealkylation sites (N-methyl/N-ethyl adjacent to an activating group) is 1. The molecule has 22 heavy (non-hydrogen) atoms. The van der Waals surface area contributed by atoms with Crippen LogP contribution >= 0.6 is 0 Å². The first kappa shape index (κ1) is 18.4. The van der Waals surface area contributed by atoms with Crippen molar-refractivity contribution in [2.45, 2.75) is 32.6 Å². The molecule has 0 aliphatic rings. The highest BCUT2D eigenvalue weighted by Gasteiger charge is 2.18. The van der Waals surface area contributed by atoms with Gasteiger partial charge in [0.1, 0.15) is 11.8 Å². The van der Waals surface area contributed by atoms with Crippen molar-refractivity contribution in [2.24, 2.45) is 0 Å². The fourth-order valence-corrected chi connectivity index (χ4v) is 3.04. The zero-order chi connectivity index (χ0) is 16.9. The van der Waals surface area contributed by atoms with E-state index >= 15 is 0 Å². The molecule has 2 atom stereocenters. The van der Waals surface area contributed by atoms with Crippen molar-refractivity contribution in [1.29, 1.82) is 0 Å². The van der Waals surface area contributed by atoms with Gasteiger partial charge in [-0.3, -0.25) is 13.8 Å². The lowest BCUT2D eigenvalue weighted by molar-refractivity contribution is -0.133. The molecule has 0 bridgehead atoms. The molecule has 0 unspecified atom stereocenters. The molecule has 0 fully saturated rings. The van der Waals surface area contributed by atoms with Gasteiger partial charge in [-0.1, -0.05) is 18.2 Å². The minimum absolute atomic E-state index is 0.0992. The summed E-state index contributed by atoms with van der Waals surface area (Å²) < 4.78 is 12.1. The van der Waals surface area contributed by atoms with Crippen LogP contribution in [0.4, 0.5) is 0 Å². The average molecular weight is 324 g/mol. The summed E-state index contributed by atoms with van der Waals surface area (Å²) in [6.45, 7) is 5.64. The largest absolute Gasteiger partial charge is 0.347 e. The molecule has 2 amide bonds. The van der Waals surface area contributed by atoms with Gasteiger partial charge in [0.2, 0.25) is 11.8 Å². The maximum Gasteiger partial charge on any atom is 0.244 e. The van der Waals surface area contributed by atoms with Crippen LogP contribution in [0, 0.1) is 13.8 Å². The van der Waals surface area contributed by atoms with Gasteiger partial charge in [-0.2, -0.15) is 0 Å². The zero-order valence-corrected chi connectivity index (χ0v) is 14.6. The van der Waals surface area contributed by atoms with Gasteiger partial charge < -0.3 is 10.2 Å². The Bertz CT molecular complexity index is 585. The van der Waals surface area contributed by atoms with Crippen LogP contribution in [0.25, 0.3) is 0 Å². The molecule has 1 N–H and O–H groups in total. The number of benzene rings is 1. The van der Waals surface area contributed by atoms with Crippen LogP contribution in [0.15, 0.2) is 18.2 Å². The Kier molecular flexibility index (Phi) is 6.74. The minimum Gasteiger partial charge on any atom is -0.347 e. The van der Waals surface area contributed by atoms with E-state index in [2.05, 4.69) is 5.32 Å². The Morgan fingerprint density at radius 3 is 2.41 bits per heavy atom. The van der Waals surface area contributed by atoms with Crippen molar-refractivity contribution >= 4 is 22.6 Å². The molecule has 1 aromatic carbocycles. The summed E-state index contributed by atoms with van der Waals surface area (Å²) in [6.07, 6.45) is 0. The van der Waals surface area contributed by atoms with E-state index < -0.39 is 16.8 Å². The number of nitrogens with one attached hydrogen (secondary N) is 1. The quantitative estimate of drug-likeness (QED) is 0.853. The van der Waals surface area contributed by atoms with Crippen LogP contribution in [0.1, 0.15) is 23.6 Å². The maximum atomic E-state index is 12.1. The number of rotatable bonds is 6. The van der Waals surface area contributed by atoms with Crippen molar-refractivity contribution in [3.63, 3.8) is 0 Å². The molecule has 0 aromatic heterocycles. The van der Waals surface area contributed by atoms with Crippen molar-refractivity contribution < 1.29 is 13.8 Å². The molecule has 5 nitrogen and oxygen atoms in total. The molecular weight excluding hydrogens is 300 g/mol. The van der Waals surface area contributed by atoms with Gasteiger partial charge in [-0.05, 0) is 37.5 Å². The number of nitrogens with zero attached hydrogens (tertiary/aromatic N) is 1. The third-order valence-corrected chi connectivity index (χ3v) is 4.62. The minimum atomic E-state index is -1.29. The highest BCUT2D eigenvalue weighted by molar-refractivity contribution is 7.84. The summed E-state index contributed by atoms with van der Waals surface area (Å²) in [5, 5.41) is 2.57. The van der Waals surface area contributed by atoms with Gasteiger partial charge in [0.15, 0.2) is 0 Å². The van der Waals surface area contributed by atoms with Crippen LogP contribution in [-0.4, -0.2) is 46.8 Å². The van der Waals surface area contributed by atoms with E-state index in [1.54, 1.807) is 21.0 Å². The Labute approximate surface area is 134 Å². The molecule has 0 radical (unpaired) electrons. The first-order chi connectivity index (χ1) is 10.2. The third kappa shape index (κ3) is 5.60. The van der Waals surface area contributed by atoms with Gasteiger partial charge in [-0.25, -0.2) is 0 Å². The fourth-order valence-electron chi connectivity index (χ4n) is 2.01. The number of amides is 2. The van der Waals surface area contributed by atoms with Crippen LogP contribution < -0.4 is 5.32 Å². The molecule has 1 aromatic rings. The van der Waals surface area contributed by atoms with E-state index in [-0.39, 0.29) is 17.6 Å². The van der Waals surface area contributed by atoms with Gasteiger partial charge in [0.25, 0.3) is 0 Å². The first-order valence-electron chi connectivity index (χ1n) is 7.12. The van der Waals surface area contributed by atoms with Crippen molar-refractivity contribution in [1.82, 2.24) is 10.2 Å². The van der Waals surface area contributed by atoms with E-state index in [4.69, 9.17) is 0 Å². The van der Waals surface area contributed by atoms with E-state index in [0.29, 0.717) is 5.75 Å². The lowest BCUT2D eigenvalue weighted by atomic mass is 10.1. The first-order valence-corrected chi connectivity index (χ1v) is 8.61. The third-order valence-electron chi connectivity index (χ3n) is 3.38. The van der Waals surface area contributed by atoms with E-state index in [1.165, 1.54) is 10.5 Å².